The van der Waals surface area contributed by atoms with Crippen LogP contribution in [0.4, 0.5) is 0 Å². The second-order valence-corrected chi connectivity index (χ2v) is 9.54. The highest BCUT2D eigenvalue weighted by molar-refractivity contribution is 7.90. The molecular weight excluding hydrogens is 340 g/mol. The quantitative estimate of drug-likeness (QED) is 0.804. The molecule has 0 unspecified atom stereocenters. The van der Waals surface area contributed by atoms with Gasteiger partial charge < -0.3 is 4.90 Å². The number of rotatable bonds is 4. The van der Waals surface area contributed by atoms with Gasteiger partial charge in [-0.3, -0.25) is 4.79 Å². The number of fused-ring (bicyclic) bond motifs is 1. The first kappa shape index (κ1) is 18.3. The molecule has 0 aromatic carbocycles. The number of carbonyl (C=O) groups excluding carboxylic acids is 1. The normalized spacial score (nSPS) is 26.4. The fraction of sp³-hybridized carbons (Fsp3) is 0.706. The van der Waals surface area contributed by atoms with Gasteiger partial charge in [-0.05, 0) is 37.2 Å². The summed E-state index contributed by atoms with van der Waals surface area (Å²) in [6.07, 6.45) is 5.08. The van der Waals surface area contributed by atoms with Gasteiger partial charge in [0.05, 0.1) is 23.2 Å². The number of hydrogen-bond donors (Lipinski definition) is 0. The van der Waals surface area contributed by atoms with Crippen molar-refractivity contribution < 1.29 is 13.2 Å². The average molecular weight is 366 g/mol. The number of sulfonamides is 1. The zero-order chi connectivity index (χ0) is 18.0. The SMILES string of the molecule is CC(C)CCN1C[C@H]2CCN(C(=O)c3ccnnc3)CC[C@H]2S1(=O)=O. The molecule has 0 bridgehead atoms. The van der Waals surface area contributed by atoms with Crippen molar-refractivity contribution in [3.63, 3.8) is 0 Å². The Morgan fingerprint density at radius 3 is 2.72 bits per heavy atom. The maximum Gasteiger partial charge on any atom is 0.255 e. The van der Waals surface area contributed by atoms with Crippen LogP contribution >= 0.6 is 0 Å². The Hall–Kier alpha value is -1.54. The van der Waals surface area contributed by atoms with Gasteiger partial charge in [0, 0.05) is 26.2 Å². The molecule has 2 aliphatic rings. The Morgan fingerprint density at radius 1 is 1.28 bits per heavy atom. The van der Waals surface area contributed by atoms with Crippen molar-refractivity contribution in [3.8, 4) is 0 Å². The molecule has 8 heteroatoms. The summed E-state index contributed by atoms with van der Waals surface area (Å²) in [5, 5.41) is 7.08. The minimum Gasteiger partial charge on any atom is -0.339 e. The summed E-state index contributed by atoms with van der Waals surface area (Å²) < 4.78 is 27.4. The van der Waals surface area contributed by atoms with Crippen LogP contribution in [-0.4, -0.2) is 65.2 Å². The van der Waals surface area contributed by atoms with E-state index in [2.05, 4.69) is 24.0 Å². The van der Waals surface area contributed by atoms with Crippen molar-refractivity contribution in [2.45, 2.75) is 38.4 Å². The molecule has 3 rings (SSSR count). The summed E-state index contributed by atoms with van der Waals surface area (Å²) in [7, 11) is -3.25. The largest absolute Gasteiger partial charge is 0.339 e. The van der Waals surface area contributed by atoms with E-state index >= 15 is 0 Å². The second kappa shape index (κ2) is 7.37. The second-order valence-electron chi connectivity index (χ2n) is 7.38. The Balaban J connectivity index is 1.67. The fourth-order valence-electron chi connectivity index (χ4n) is 3.72. The Bertz CT molecular complexity index is 708. The van der Waals surface area contributed by atoms with Crippen LogP contribution in [0.5, 0.6) is 0 Å². The van der Waals surface area contributed by atoms with Gasteiger partial charge in [-0.15, -0.1) is 0 Å². The van der Waals surface area contributed by atoms with Crippen LogP contribution in [0.2, 0.25) is 0 Å². The van der Waals surface area contributed by atoms with E-state index in [0.29, 0.717) is 44.1 Å². The molecule has 2 saturated heterocycles. The van der Waals surface area contributed by atoms with Crippen LogP contribution in [0.1, 0.15) is 43.5 Å². The Labute approximate surface area is 149 Å². The zero-order valence-electron chi connectivity index (χ0n) is 14.8. The first-order chi connectivity index (χ1) is 11.9. The van der Waals surface area contributed by atoms with Gasteiger partial charge in [-0.1, -0.05) is 13.8 Å². The van der Waals surface area contributed by atoms with E-state index < -0.39 is 10.0 Å². The third-order valence-corrected chi connectivity index (χ3v) is 7.67. The zero-order valence-corrected chi connectivity index (χ0v) is 15.7. The molecule has 2 aliphatic heterocycles. The van der Waals surface area contributed by atoms with Crippen molar-refractivity contribution in [3.05, 3.63) is 24.0 Å². The summed E-state index contributed by atoms with van der Waals surface area (Å²) in [5.41, 5.74) is 0.503. The first-order valence-electron chi connectivity index (χ1n) is 8.94. The standard InChI is InChI=1S/C17H26N4O3S/c1-13(2)4-10-21-12-15-5-8-20(9-6-16(15)25(21,23)24)17(22)14-3-7-18-19-11-14/h3,7,11,13,15-16H,4-6,8-10,12H2,1-2H3/t15-,16-/m1/s1. The fourth-order valence-corrected chi connectivity index (χ4v) is 5.97. The predicted molar refractivity (Wildman–Crippen MR) is 94.4 cm³/mol. The number of carbonyl (C=O) groups is 1. The molecular formula is C17H26N4O3S. The van der Waals surface area contributed by atoms with Gasteiger partial charge in [-0.25, -0.2) is 12.7 Å². The van der Waals surface area contributed by atoms with Crippen LogP contribution in [0, 0.1) is 11.8 Å². The minimum atomic E-state index is -3.25. The molecule has 2 fully saturated rings. The maximum absolute atomic E-state index is 12.8. The van der Waals surface area contributed by atoms with Crippen molar-refractivity contribution in [1.82, 2.24) is 19.4 Å². The molecule has 25 heavy (non-hydrogen) atoms. The maximum atomic E-state index is 12.8. The number of likely N-dealkylation sites (tertiary alicyclic amines) is 1. The molecule has 0 aliphatic carbocycles. The van der Waals surface area contributed by atoms with E-state index in [9.17, 15) is 13.2 Å². The molecule has 1 aromatic rings. The summed E-state index contributed by atoms with van der Waals surface area (Å²) in [5.74, 6) is 0.511. The molecule has 0 radical (unpaired) electrons. The number of nitrogens with zero attached hydrogens (tertiary/aromatic N) is 4. The molecule has 2 atom stereocenters. The third kappa shape index (κ3) is 3.84. The molecule has 0 saturated carbocycles. The third-order valence-electron chi connectivity index (χ3n) is 5.23. The Kier molecular flexibility index (Phi) is 5.38. The van der Waals surface area contributed by atoms with Gasteiger partial charge in [0.2, 0.25) is 10.0 Å². The molecule has 0 N–H and O–H groups in total. The molecule has 3 heterocycles. The molecule has 7 nitrogen and oxygen atoms in total. The molecule has 138 valence electrons. The van der Waals surface area contributed by atoms with Gasteiger partial charge in [0.15, 0.2) is 0 Å². The van der Waals surface area contributed by atoms with E-state index in [4.69, 9.17) is 0 Å². The first-order valence-corrected chi connectivity index (χ1v) is 10.4. The highest BCUT2D eigenvalue weighted by Crippen LogP contribution is 2.34. The van der Waals surface area contributed by atoms with Gasteiger partial charge in [0.25, 0.3) is 5.91 Å². The number of hydrogen-bond acceptors (Lipinski definition) is 5. The average Bonchev–Trinajstić information content (AvgIpc) is 2.74. The van der Waals surface area contributed by atoms with Gasteiger partial charge in [0.1, 0.15) is 0 Å². The van der Waals surface area contributed by atoms with Crippen LogP contribution in [-0.2, 0) is 10.0 Å². The van der Waals surface area contributed by atoms with Gasteiger partial charge in [-0.2, -0.15) is 10.2 Å². The lowest BCUT2D eigenvalue weighted by atomic mass is 10.0. The van der Waals surface area contributed by atoms with Crippen molar-refractivity contribution in [2.24, 2.45) is 11.8 Å². The van der Waals surface area contributed by atoms with E-state index in [0.717, 1.165) is 12.8 Å². The summed E-state index contributed by atoms with van der Waals surface area (Å²) in [4.78, 5) is 14.3. The topological polar surface area (TPSA) is 83.5 Å². The predicted octanol–water partition coefficient (Wildman–Crippen LogP) is 1.39. The van der Waals surface area contributed by atoms with Crippen molar-refractivity contribution in [1.29, 1.82) is 0 Å². The summed E-state index contributed by atoms with van der Waals surface area (Å²) in [6, 6.07) is 1.64. The summed E-state index contributed by atoms with van der Waals surface area (Å²) >= 11 is 0. The number of amides is 1. The van der Waals surface area contributed by atoms with Crippen LogP contribution < -0.4 is 0 Å². The van der Waals surface area contributed by atoms with E-state index in [-0.39, 0.29) is 17.1 Å². The molecule has 0 spiro atoms. The Morgan fingerprint density at radius 2 is 2.04 bits per heavy atom. The summed E-state index contributed by atoms with van der Waals surface area (Å²) in [6.45, 7) is 6.49. The molecule has 1 amide bonds. The van der Waals surface area contributed by atoms with E-state index in [1.807, 2.05) is 0 Å². The van der Waals surface area contributed by atoms with Crippen molar-refractivity contribution in [2.75, 3.05) is 26.2 Å². The molecule has 1 aromatic heterocycles. The lowest BCUT2D eigenvalue weighted by Crippen LogP contribution is -2.35. The highest BCUT2D eigenvalue weighted by atomic mass is 32.2. The van der Waals surface area contributed by atoms with Crippen LogP contribution in [0.25, 0.3) is 0 Å². The van der Waals surface area contributed by atoms with Crippen molar-refractivity contribution >= 4 is 15.9 Å². The van der Waals surface area contributed by atoms with Crippen LogP contribution in [0.15, 0.2) is 18.5 Å². The van der Waals surface area contributed by atoms with Gasteiger partial charge >= 0.3 is 0 Å². The highest BCUT2D eigenvalue weighted by Gasteiger charge is 2.46. The lowest BCUT2D eigenvalue weighted by molar-refractivity contribution is 0.0758. The van der Waals surface area contributed by atoms with E-state index in [1.54, 1.807) is 15.3 Å². The smallest absolute Gasteiger partial charge is 0.255 e. The van der Waals surface area contributed by atoms with E-state index in [1.165, 1.54) is 12.4 Å². The monoisotopic (exact) mass is 366 g/mol. The minimum absolute atomic E-state index is 0.0936. The lowest BCUT2D eigenvalue weighted by Gasteiger charge is -2.22. The number of aromatic nitrogens is 2. The van der Waals surface area contributed by atoms with Crippen LogP contribution in [0.3, 0.4) is 0 Å².